The van der Waals surface area contributed by atoms with E-state index in [1.165, 1.54) is 4.90 Å². The molecule has 0 radical (unpaired) electrons. The number of hydrogen-bond donors (Lipinski definition) is 1. The Morgan fingerprint density at radius 3 is 2.65 bits per heavy atom. The summed E-state index contributed by atoms with van der Waals surface area (Å²) in [7, 11) is 0. The largest absolute Gasteiger partial charge is 0.481 e. The number of rotatable bonds is 4. The third kappa shape index (κ3) is 3.26. The molecule has 0 aliphatic carbocycles. The SMILES string of the molecule is O=C(O)[C@H]1C[C@@H](CF)N(C(=O)OCc2ccccc2)C1. The molecule has 0 aromatic heterocycles. The van der Waals surface area contributed by atoms with Crippen molar-refractivity contribution in [2.24, 2.45) is 5.92 Å². The zero-order valence-electron chi connectivity index (χ0n) is 10.9. The predicted octanol–water partition coefficient (Wildman–Crippen LogP) is 2.07. The van der Waals surface area contributed by atoms with Gasteiger partial charge in [-0.05, 0) is 12.0 Å². The normalized spacial score (nSPS) is 21.8. The van der Waals surface area contributed by atoms with E-state index in [1.807, 2.05) is 30.3 Å². The molecule has 1 amide bonds. The van der Waals surface area contributed by atoms with E-state index in [0.29, 0.717) is 0 Å². The fourth-order valence-corrected chi connectivity index (χ4v) is 2.27. The van der Waals surface area contributed by atoms with Gasteiger partial charge in [-0.15, -0.1) is 0 Å². The Morgan fingerprint density at radius 1 is 1.35 bits per heavy atom. The van der Waals surface area contributed by atoms with Crippen LogP contribution in [0.15, 0.2) is 30.3 Å². The lowest BCUT2D eigenvalue weighted by Gasteiger charge is -2.21. The van der Waals surface area contributed by atoms with Crippen molar-refractivity contribution in [3.8, 4) is 0 Å². The fourth-order valence-electron chi connectivity index (χ4n) is 2.27. The number of amides is 1. The minimum atomic E-state index is -1.01. The van der Waals surface area contributed by atoms with Crippen LogP contribution >= 0.6 is 0 Å². The van der Waals surface area contributed by atoms with Crippen molar-refractivity contribution in [2.45, 2.75) is 19.1 Å². The van der Waals surface area contributed by atoms with Gasteiger partial charge in [0.1, 0.15) is 13.3 Å². The quantitative estimate of drug-likeness (QED) is 0.917. The van der Waals surface area contributed by atoms with Crippen molar-refractivity contribution >= 4 is 12.1 Å². The summed E-state index contributed by atoms with van der Waals surface area (Å²) in [5.74, 6) is -1.73. The van der Waals surface area contributed by atoms with Gasteiger partial charge in [0.25, 0.3) is 0 Å². The van der Waals surface area contributed by atoms with Gasteiger partial charge in [-0.2, -0.15) is 0 Å². The van der Waals surface area contributed by atoms with Gasteiger partial charge < -0.3 is 14.7 Å². The van der Waals surface area contributed by atoms with Gasteiger partial charge in [0.2, 0.25) is 0 Å². The summed E-state index contributed by atoms with van der Waals surface area (Å²) in [6.07, 6.45) is -0.535. The number of carboxylic acids is 1. The Balaban J connectivity index is 1.92. The second-order valence-corrected chi connectivity index (χ2v) is 4.77. The average molecular weight is 281 g/mol. The highest BCUT2D eigenvalue weighted by Gasteiger charge is 2.39. The Labute approximate surface area is 116 Å². The first-order valence-electron chi connectivity index (χ1n) is 6.38. The molecule has 20 heavy (non-hydrogen) atoms. The lowest BCUT2D eigenvalue weighted by molar-refractivity contribution is -0.141. The second kappa shape index (κ2) is 6.36. The zero-order valence-corrected chi connectivity index (χ0v) is 10.9. The third-order valence-corrected chi connectivity index (χ3v) is 3.38. The molecule has 1 aromatic carbocycles. The van der Waals surface area contributed by atoms with E-state index >= 15 is 0 Å². The smallest absolute Gasteiger partial charge is 0.410 e. The van der Waals surface area contributed by atoms with Gasteiger partial charge in [-0.1, -0.05) is 30.3 Å². The number of alkyl halides is 1. The van der Waals surface area contributed by atoms with Gasteiger partial charge in [-0.25, -0.2) is 9.18 Å². The van der Waals surface area contributed by atoms with Crippen molar-refractivity contribution in [3.05, 3.63) is 35.9 Å². The molecular weight excluding hydrogens is 265 g/mol. The highest BCUT2D eigenvalue weighted by molar-refractivity contribution is 5.74. The van der Waals surface area contributed by atoms with Gasteiger partial charge in [0.05, 0.1) is 12.0 Å². The average Bonchev–Trinajstić information content (AvgIpc) is 2.90. The summed E-state index contributed by atoms with van der Waals surface area (Å²) in [6, 6.07) is 8.41. The molecule has 1 saturated heterocycles. The van der Waals surface area contributed by atoms with E-state index in [-0.39, 0.29) is 19.6 Å². The molecule has 1 fully saturated rings. The van der Waals surface area contributed by atoms with Gasteiger partial charge >= 0.3 is 12.1 Å². The summed E-state index contributed by atoms with van der Waals surface area (Å²) in [5, 5.41) is 8.93. The summed E-state index contributed by atoms with van der Waals surface area (Å²) in [6.45, 7) is -0.672. The summed E-state index contributed by atoms with van der Waals surface area (Å²) >= 11 is 0. The Morgan fingerprint density at radius 2 is 2.05 bits per heavy atom. The highest BCUT2D eigenvalue weighted by Crippen LogP contribution is 2.25. The summed E-state index contributed by atoms with van der Waals surface area (Å²) in [4.78, 5) is 24.0. The Bertz CT molecular complexity index is 479. The number of nitrogens with zero attached hydrogens (tertiary/aromatic N) is 1. The first-order valence-corrected chi connectivity index (χ1v) is 6.38. The number of hydrogen-bond acceptors (Lipinski definition) is 3. The lowest BCUT2D eigenvalue weighted by atomic mass is 10.1. The molecule has 1 aliphatic rings. The molecule has 2 atom stereocenters. The molecule has 0 saturated carbocycles. The highest BCUT2D eigenvalue weighted by atomic mass is 19.1. The van der Waals surface area contributed by atoms with Gasteiger partial charge in [0, 0.05) is 6.54 Å². The molecule has 1 aliphatic heterocycles. The predicted molar refractivity (Wildman–Crippen MR) is 68.8 cm³/mol. The molecule has 108 valence electrons. The molecule has 6 heteroatoms. The Kier molecular flexibility index (Phi) is 4.55. The van der Waals surface area contributed by atoms with Crippen LogP contribution in [-0.4, -0.2) is 41.3 Å². The van der Waals surface area contributed by atoms with Crippen LogP contribution in [0.3, 0.4) is 0 Å². The molecule has 5 nitrogen and oxygen atoms in total. The first-order chi connectivity index (χ1) is 9.61. The van der Waals surface area contributed by atoms with E-state index in [0.717, 1.165) is 5.56 Å². The maximum absolute atomic E-state index is 12.9. The number of likely N-dealkylation sites (tertiary alicyclic amines) is 1. The van der Waals surface area contributed by atoms with Crippen LogP contribution in [0, 0.1) is 5.92 Å². The number of halogens is 1. The topological polar surface area (TPSA) is 66.8 Å². The van der Waals surface area contributed by atoms with Crippen molar-refractivity contribution in [3.63, 3.8) is 0 Å². The Hall–Kier alpha value is -2.11. The minimum Gasteiger partial charge on any atom is -0.481 e. The van der Waals surface area contributed by atoms with Crippen LogP contribution in [0.4, 0.5) is 9.18 Å². The van der Waals surface area contributed by atoms with E-state index < -0.39 is 30.7 Å². The number of carboxylic acid groups (broad SMARTS) is 1. The number of carbonyl (C=O) groups excluding carboxylic acids is 1. The van der Waals surface area contributed by atoms with Crippen LogP contribution in [0.1, 0.15) is 12.0 Å². The molecule has 0 spiro atoms. The van der Waals surface area contributed by atoms with Crippen molar-refractivity contribution in [1.82, 2.24) is 4.90 Å². The number of benzene rings is 1. The van der Waals surface area contributed by atoms with Gasteiger partial charge in [-0.3, -0.25) is 4.79 Å². The zero-order chi connectivity index (χ0) is 14.5. The lowest BCUT2D eigenvalue weighted by Crippen LogP contribution is -2.37. The van der Waals surface area contributed by atoms with Crippen molar-refractivity contribution < 1.29 is 23.8 Å². The maximum atomic E-state index is 12.9. The minimum absolute atomic E-state index is 0.00244. The number of ether oxygens (including phenoxy) is 1. The van der Waals surface area contributed by atoms with Crippen LogP contribution < -0.4 is 0 Å². The van der Waals surface area contributed by atoms with Gasteiger partial charge in [0.15, 0.2) is 0 Å². The molecule has 1 heterocycles. The van der Waals surface area contributed by atoms with Crippen LogP contribution in [0.2, 0.25) is 0 Å². The standard InChI is InChI=1S/C14H16FNO4/c15-7-12-6-11(13(17)18)8-16(12)14(19)20-9-10-4-2-1-3-5-10/h1-5,11-12H,6-9H2,(H,17,18)/t11-,12-/m0/s1. The molecule has 0 bridgehead atoms. The monoisotopic (exact) mass is 281 g/mol. The molecule has 0 unspecified atom stereocenters. The molecule has 1 aromatic rings. The molecule has 2 rings (SSSR count). The number of aliphatic carboxylic acids is 1. The molecule has 1 N–H and O–H groups in total. The van der Waals surface area contributed by atoms with E-state index in [1.54, 1.807) is 0 Å². The third-order valence-electron chi connectivity index (χ3n) is 3.38. The second-order valence-electron chi connectivity index (χ2n) is 4.77. The summed E-state index contributed by atoms with van der Waals surface area (Å²) in [5.41, 5.74) is 0.826. The van der Waals surface area contributed by atoms with E-state index in [9.17, 15) is 14.0 Å². The molecular formula is C14H16FNO4. The van der Waals surface area contributed by atoms with Crippen LogP contribution in [-0.2, 0) is 16.1 Å². The van der Waals surface area contributed by atoms with Crippen LogP contribution in [0.25, 0.3) is 0 Å². The summed E-state index contributed by atoms with van der Waals surface area (Å²) < 4.78 is 18.0. The number of carbonyl (C=O) groups is 2. The van der Waals surface area contributed by atoms with E-state index in [4.69, 9.17) is 9.84 Å². The fraction of sp³-hybridized carbons (Fsp3) is 0.429. The van der Waals surface area contributed by atoms with E-state index in [2.05, 4.69) is 0 Å². The maximum Gasteiger partial charge on any atom is 0.410 e. The van der Waals surface area contributed by atoms with Crippen molar-refractivity contribution in [2.75, 3.05) is 13.2 Å². The van der Waals surface area contributed by atoms with Crippen LogP contribution in [0.5, 0.6) is 0 Å². The van der Waals surface area contributed by atoms with Crippen molar-refractivity contribution in [1.29, 1.82) is 0 Å². The first kappa shape index (κ1) is 14.3.